The van der Waals surface area contributed by atoms with Gasteiger partial charge in [0.25, 0.3) is 0 Å². The van der Waals surface area contributed by atoms with Crippen LogP contribution in [0.25, 0.3) is 22.5 Å². The molecule has 1 N–H and O–H groups in total. The fourth-order valence-corrected chi connectivity index (χ4v) is 5.53. The molecule has 2 aromatic carbocycles. The Morgan fingerprint density at radius 2 is 1.09 bits per heavy atom. The summed E-state index contributed by atoms with van der Waals surface area (Å²) in [6, 6.07) is 27.2. The Hall–Kier alpha value is -4.16. The van der Waals surface area contributed by atoms with E-state index in [1.54, 1.807) is 19.3 Å². The molecule has 224 valence electrons. The highest BCUT2D eigenvalue weighted by Crippen LogP contribution is 2.33. The van der Waals surface area contributed by atoms with Gasteiger partial charge in [-0.15, -0.1) is 0 Å². The SMILES string of the molecule is CC(C)CC(C(=O)N(CC(C)O)C(=O)C(CC(C)C)c1cccc(-c2ccccn2)c1)c1cccc(-c2ccccn2)c1. The number of aliphatic hydroxyl groups excluding tert-OH is 1. The molecule has 0 aliphatic carbocycles. The molecule has 4 rings (SSSR count). The first-order valence-electron chi connectivity index (χ1n) is 15.2. The molecule has 0 radical (unpaired) electrons. The van der Waals surface area contributed by atoms with Crippen LogP contribution in [0.5, 0.6) is 0 Å². The zero-order valence-electron chi connectivity index (χ0n) is 25.9. The Morgan fingerprint density at radius 1 is 0.651 bits per heavy atom. The van der Waals surface area contributed by atoms with Gasteiger partial charge in [0, 0.05) is 23.5 Å². The maximum atomic E-state index is 14.5. The quantitative estimate of drug-likeness (QED) is 0.188. The monoisotopic (exact) mass is 577 g/mol. The van der Waals surface area contributed by atoms with Crippen LogP contribution in [0.15, 0.2) is 97.3 Å². The van der Waals surface area contributed by atoms with E-state index in [-0.39, 0.29) is 30.2 Å². The number of imide groups is 1. The van der Waals surface area contributed by atoms with Gasteiger partial charge in [-0.1, -0.05) is 76.2 Å². The summed E-state index contributed by atoms with van der Waals surface area (Å²) >= 11 is 0. The minimum atomic E-state index is -0.869. The zero-order valence-corrected chi connectivity index (χ0v) is 25.9. The molecule has 0 fully saturated rings. The third-order valence-corrected chi connectivity index (χ3v) is 7.49. The van der Waals surface area contributed by atoms with Crippen LogP contribution in [0.1, 0.15) is 70.4 Å². The molecule has 0 saturated carbocycles. The molecule has 2 heterocycles. The van der Waals surface area contributed by atoms with Crippen molar-refractivity contribution in [3.05, 3.63) is 108 Å². The van der Waals surface area contributed by atoms with E-state index in [0.29, 0.717) is 12.8 Å². The smallest absolute Gasteiger partial charge is 0.236 e. The number of carbonyl (C=O) groups is 2. The van der Waals surface area contributed by atoms with Gasteiger partial charge in [0.15, 0.2) is 0 Å². The molecule has 0 bridgehead atoms. The van der Waals surface area contributed by atoms with Crippen LogP contribution in [-0.4, -0.2) is 44.4 Å². The lowest BCUT2D eigenvalue weighted by molar-refractivity contribution is -0.149. The van der Waals surface area contributed by atoms with Crippen molar-refractivity contribution < 1.29 is 14.7 Å². The summed E-state index contributed by atoms with van der Waals surface area (Å²) in [6.45, 7) is 9.86. The number of carbonyl (C=O) groups excluding carboxylic acids is 2. The lowest BCUT2D eigenvalue weighted by Crippen LogP contribution is -2.46. The summed E-state index contributed by atoms with van der Waals surface area (Å²) in [5.74, 6) is -1.26. The average Bonchev–Trinajstić information content (AvgIpc) is 3.01. The summed E-state index contributed by atoms with van der Waals surface area (Å²) < 4.78 is 0. The normalized spacial score (nSPS) is 13.5. The fraction of sp³-hybridized carbons (Fsp3) is 0.351. The predicted molar refractivity (Wildman–Crippen MR) is 172 cm³/mol. The van der Waals surface area contributed by atoms with E-state index >= 15 is 0 Å². The minimum absolute atomic E-state index is 0.0687. The molecular formula is C37H43N3O3. The van der Waals surface area contributed by atoms with Crippen molar-refractivity contribution in [2.75, 3.05) is 6.54 Å². The summed E-state index contributed by atoms with van der Waals surface area (Å²) in [5, 5.41) is 10.5. The van der Waals surface area contributed by atoms with E-state index in [1.165, 1.54) is 4.90 Å². The van der Waals surface area contributed by atoms with Gasteiger partial charge in [0.05, 0.1) is 35.9 Å². The summed E-state index contributed by atoms with van der Waals surface area (Å²) in [4.78, 5) is 39.2. The fourth-order valence-electron chi connectivity index (χ4n) is 5.53. The second-order valence-electron chi connectivity index (χ2n) is 12.2. The molecule has 0 saturated heterocycles. The van der Waals surface area contributed by atoms with Crippen molar-refractivity contribution in [1.29, 1.82) is 0 Å². The van der Waals surface area contributed by atoms with Crippen LogP contribution in [0.3, 0.4) is 0 Å². The van der Waals surface area contributed by atoms with E-state index < -0.39 is 17.9 Å². The number of amides is 2. The van der Waals surface area contributed by atoms with Crippen molar-refractivity contribution in [3.8, 4) is 22.5 Å². The minimum Gasteiger partial charge on any atom is -0.392 e. The van der Waals surface area contributed by atoms with Crippen LogP contribution in [-0.2, 0) is 9.59 Å². The van der Waals surface area contributed by atoms with E-state index in [9.17, 15) is 14.7 Å². The second-order valence-corrected chi connectivity index (χ2v) is 12.2. The molecule has 3 atom stereocenters. The summed E-state index contributed by atoms with van der Waals surface area (Å²) in [7, 11) is 0. The molecule has 2 aromatic heterocycles. The summed E-state index contributed by atoms with van der Waals surface area (Å²) in [6.07, 6.45) is 3.77. The van der Waals surface area contributed by atoms with E-state index in [0.717, 1.165) is 33.6 Å². The summed E-state index contributed by atoms with van der Waals surface area (Å²) in [5.41, 5.74) is 5.14. The lowest BCUT2D eigenvalue weighted by Gasteiger charge is -2.32. The van der Waals surface area contributed by atoms with Gasteiger partial charge in [0.1, 0.15) is 0 Å². The molecule has 0 aliphatic heterocycles. The van der Waals surface area contributed by atoms with Gasteiger partial charge < -0.3 is 5.11 Å². The highest BCUT2D eigenvalue weighted by atomic mass is 16.3. The maximum absolute atomic E-state index is 14.5. The Balaban J connectivity index is 1.74. The van der Waals surface area contributed by atoms with Crippen molar-refractivity contribution in [3.63, 3.8) is 0 Å². The first kappa shape index (κ1) is 31.8. The van der Waals surface area contributed by atoms with Gasteiger partial charge >= 0.3 is 0 Å². The largest absolute Gasteiger partial charge is 0.392 e. The lowest BCUT2D eigenvalue weighted by atomic mass is 9.85. The Labute approximate surface area is 255 Å². The molecule has 6 nitrogen and oxygen atoms in total. The van der Waals surface area contributed by atoms with Crippen molar-refractivity contribution in [2.45, 2.75) is 65.4 Å². The topological polar surface area (TPSA) is 83.4 Å². The average molecular weight is 578 g/mol. The maximum Gasteiger partial charge on any atom is 0.236 e. The van der Waals surface area contributed by atoms with E-state index in [1.807, 2.05) is 84.9 Å². The number of hydrogen-bond acceptors (Lipinski definition) is 5. The molecule has 43 heavy (non-hydrogen) atoms. The Kier molecular flexibility index (Phi) is 11.0. The molecule has 3 unspecified atom stereocenters. The van der Waals surface area contributed by atoms with Crippen LogP contribution >= 0.6 is 0 Å². The van der Waals surface area contributed by atoms with Crippen molar-refractivity contribution in [1.82, 2.24) is 14.9 Å². The van der Waals surface area contributed by atoms with Gasteiger partial charge in [-0.05, 0) is 79.1 Å². The highest BCUT2D eigenvalue weighted by molar-refractivity contribution is 6.01. The van der Waals surface area contributed by atoms with Gasteiger partial charge in [0.2, 0.25) is 11.8 Å². The number of nitrogens with zero attached hydrogens (tertiary/aromatic N) is 3. The van der Waals surface area contributed by atoms with Crippen molar-refractivity contribution >= 4 is 11.8 Å². The standard InChI is InChI=1S/C37H43N3O3/c1-25(2)20-32(28-12-10-14-30(22-28)34-16-6-8-18-38-34)36(42)40(24-27(5)41)37(43)33(21-26(3)4)29-13-11-15-31(23-29)35-17-7-9-19-39-35/h6-19,22-23,25-27,32-33,41H,20-21,24H2,1-5H3. The highest BCUT2D eigenvalue weighted by Gasteiger charge is 2.36. The first-order valence-corrected chi connectivity index (χ1v) is 15.2. The Bertz CT molecular complexity index is 1380. The number of aromatic nitrogens is 2. The Morgan fingerprint density at radius 3 is 1.44 bits per heavy atom. The molecule has 6 heteroatoms. The third-order valence-electron chi connectivity index (χ3n) is 7.49. The predicted octanol–water partition coefficient (Wildman–Crippen LogP) is 7.51. The second kappa shape index (κ2) is 14.8. The molecular weight excluding hydrogens is 534 g/mol. The number of aliphatic hydroxyl groups is 1. The van der Waals surface area contributed by atoms with Crippen LogP contribution < -0.4 is 0 Å². The number of hydrogen-bond donors (Lipinski definition) is 1. The van der Waals surface area contributed by atoms with Crippen LogP contribution in [0.4, 0.5) is 0 Å². The zero-order chi connectivity index (χ0) is 30.9. The molecule has 2 amide bonds. The number of rotatable bonds is 12. The van der Waals surface area contributed by atoms with Crippen LogP contribution in [0.2, 0.25) is 0 Å². The van der Waals surface area contributed by atoms with Gasteiger partial charge in [-0.25, -0.2) is 0 Å². The van der Waals surface area contributed by atoms with Gasteiger partial charge in [-0.3, -0.25) is 24.5 Å². The first-order chi connectivity index (χ1) is 20.6. The number of benzene rings is 2. The van der Waals surface area contributed by atoms with E-state index in [2.05, 4.69) is 37.7 Å². The van der Waals surface area contributed by atoms with Crippen LogP contribution in [0, 0.1) is 11.8 Å². The van der Waals surface area contributed by atoms with E-state index in [4.69, 9.17) is 0 Å². The van der Waals surface area contributed by atoms with Crippen molar-refractivity contribution in [2.24, 2.45) is 11.8 Å². The molecule has 0 spiro atoms. The molecule has 0 aliphatic rings. The number of pyridine rings is 2. The molecule has 4 aromatic rings. The van der Waals surface area contributed by atoms with Gasteiger partial charge in [-0.2, -0.15) is 0 Å². The third kappa shape index (κ3) is 8.45.